The van der Waals surface area contributed by atoms with Gasteiger partial charge in [0.25, 0.3) is 0 Å². The Kier molecular flexibility index (Phi) is 9.23. The van der Waals surface area contributed by atoms with Gasteiger partial charge in [-0.15, -0.1) is 0 Å². The number of likely N-dealkylation sites (N-methyl/N-ethyl adjacent to an activating group) is 1. The molecule has 86 valence electrons. The Balaban J connectivity index is 3.32. The second-order valence-electron chi connectivity index (χ2n) is 3.20. The Morgan fingerprint density at radius 1 is 1.29 bits per heavy atom. The highest BCUT2D eigenvalue weighted by Gasteiger charge is 2.02. The van der Waals surface area contributed by atoms with Gasteiger partial charge in [0.05, 0.1) is 19.3 Å². The molecule has 0 aromatic carbocycles. The molecule has 0 rings (SSSR count). The first-order valence-electron chi connectivity index (χ1n) is 5.07. The minimum atomic E-state index is -0.678. The zero-order valence-corrected chi connectivity index (χ0v) is 8.82. The lowest BCUT2D eigenvalue weighted by Crippen LogP contribution is -2.37. The summed E-state index contributed by atoms with van der Waals surface area (Å²) in [5, 5.41) is 29.3. The molecule has 0 aliphatic carbocycles. The van der Waals surface area contributed by atoms with Gasteiger partial charge in [-0.25, -0.2) is 0 Å². The van der Waals surface area contributed by atoms with Crippen molar-refractivity contribution >= 4 is 0 Å². The van der Waals surface area contributed by atoms with Crippen LogP contribution >= 0.6 is 0 Å². The van der Waals surface area contributed by atoms with Crippen LogP contribution in [0.4, 0.5) is 0 Å². The minimum absolute atomic E-state index is 0.174. The summed E-state index contributed by atoms with van der Waals surface area (Å²) in [5.74, 6) is 0. The summed E-state index contributed by atoms with van der Waals surface area (Å²) in [5.41, 5.74) is 0. The quantitative estimate of drug-likeness (QED) is 0.336. The van der Waals surface area contributed by atoms with Crippen molar-refractivity contribution < 1.29 is 15.3 Å². The van der Waals surface area contributed by atoms with Crippen LogP contribution in [0.3, 0.4) is 0 Å². The van der Waals surface area contributed by atoms with Crippen molar-refractivity contribution in [3.8, 4) is 0 Å². The van der Waals surface area contributed by atoms with Gasteiger partial charge >= 0.3 is 0 Å². The van der Waals surface area contributed by atoms with Crippen LogP contribution in [0, 0.1) is 0 Å². The summed E-state index contributed by atoms with van der Waals surface area (Å²) in [4.78, 5) is 2.11. The van der Waals surface area contributed by atoms with Crippen molar-refractivity contribution in [1.82, 2.24) is 10.2 Å². The van der Waals surface area contributed by atoms with Gasteiger partial charge in [0.15, 0.2) is 0 Å². The Labute approximate surface area is 85.4 Å². The second-order valence-corrected chi connectivity index (χ2v) is 3.20. The number of nitrogens with one attached hydrogen (secondary N) is 1. The van der Waals surface area contributed by atoms with E-state index in [-0.39, 0.29) is 13.2 Å². The van der Waals surface area contributed by atoms with Crippen LogP contribution in [0.1, 0.15) is 6.92 Å². The SMILES string of the molecule is CCN(CCO)CCNCC(O)CO. The van der Waals surface area contributed by atoms with Crippen LogP contribution in [0.25, 0.3) is 0 Å². The molecule has 4 N–H and O–H groups in total. The lowest BCUT2D eigenvalue weighted by molar-refractivity contribution is 0.0935. The third-order valence-electron chi connectivity index (χ3n) is 2.06. The van der Waals surface area contributed by atoms with Crippen LogP contribution < -0.4 is 5.32 Å². The zero-order chi connectivity index (χ0) is 10.8. The fourth-order valence-corrected chi connectivity index (χ4v) is 1.14. The molecular formula is C9H22N2O3. The van der Waals surface area contributed by atoms with Gasteiger partial charge in [-0.3, -0.25) is 0 Å². The zero-order valence-electron chi connectivity index (χ0n) is 8.82. The van der Waals surface area contributed by atoms with E-state index in [2.05, 4.69) is 10.2 Å². The molecule has 5 nitrogen and oxygen atoms in total. The first-order chi connectivity index (χ1) is 6.74. The Morgan fingerprint density at radius 2 is 2.00 bits per heavy atom. The molecule has 1 atom stereocenters. The predicted octanol–water partition coefficient (Wildman–Crippen LogP) is -1.76. The van der Waals surface area contributed by atoms with E-state index in [0.29, 0.717) is 13.1 Å². The molecule has 5 heteroatoms. The van der Waals surface area contributed by atoms with Crippen LogP contribution in [-0.4, -0.2) is 72.3 Å². The van der Waals surface area contributed by atoms with Gasteiger partial charge in [-0.1, -0.05) is 6.92 Å². The lowest BCUT2D eigenvalue weighted by atomic mass is 10.3. The smallest absolute Gasteiger partial charge is 0.0894 e. The summed E-state index contributed by atoms with van der Waals surface area (Å²) in [7, 11) is 0. The molecule has 0 aliphatic rings. The maximum absolute atomic E-state index is 9.02. The molecule has 0 aromatic heterocycles. The van der Waals surface area contributed by atoms with Crippen molar-refractivity contribution in [2.75, 3.05) is 45.9 Å². The Hall–Kier alpha value is -0.200. The van der Waals surface area contributed by atoms with E-state index in [1.54, 1.807) is 0 Å². The molecule has 0 heterocycles. The summed E-state index contributed by atoms with van der Waals surface area (Å²) < 4.78 is 0. The van der Waals surface area contributed by atoms with E-state index in [0.717, 1.165) is 19.6 Å². The van der Waals surface area contributed by atoms with E-state index >= 15 is 0 Å². The van der Waals surface area contributed by atoms with Gasteiger partial charge < -0.3 is 25.5 Å². The maximum Gasteiger partial charge on any atom is 0.0894 e. The number of aliphatic hydroxyl groups excluding tert-OH is 3. The number of nitrogens with zero attached hydrogens (tertiary/aromatic N) is 1. The summed E-state index contributed by atoms with van der Waals surface area (Å²) in [6.45, 7) is 5.60. The first kappa shape index (κ1) is 13.8. The predicted molar refractivity (Wildman–Crippen MR) is 55.2 cm³/mol. The van der Waals surface area contributed by atoms with Gasteiger partial charge in [-0.05, 0) is 6.54 Å². The lowest BCUT2D eigenvalue weighted by Gasteiger charge is -2.19. The molecule has 0 radical (unpaired) electrons. The fourth-order valence-electron chi connectivity index (χ4n) is 1.14. The molecule has 1 unspecified atom stereocenters. The normalized spacial score (nSPS) is 13.5. The van der Waals surface area contributed by atoms with Crippen LogP contribution in [0.15, 0.2) is 0 Å². The summed E-state index contributed by atoms with van der Waals surface area (Å²) >= 11 is 0. The third kappa shape index (κ3) is 7.23. The van der Waals surface area contributed by atoms with Crippen molar-refractivity contribution in [3.63, 3.8) is 0 Å². The van der Waals surface area contributed by atoms with Crippen LogP contribution in [0.5, 0.6) is 0 Å². The largest absolute Gasteiger partial charge is 0.395 e. The molecule has 14 heavy (non-hydrogen) atoms. The van der Waals surface area contributed by atoms with Gasteiger partial charge in [-0.2, -0.15) is 0 Å². The summed E-state index contributed by atoms with van der Waals surface area (Å²) in [6.07, 6.45) is -0.678. The molecular weight excluding hydrogens is 184 g/mol. The van der Waals surface area contributed by atoms with E-state index in [1.165, 1.54) is 0 Å². The van der Waals surface area contributed by atoms with Crippen molar-refractivity contribution in [2.45, 2.75) is 13.0 Å². The Bertz CT molecular complexity index is 125. The monoisotopic (exact) mass is 206 g/mol. The third-order valence-corrected chi connectivity index (χ3v) is 2.06. The van der Waals surface area contributed by atoms with E-state index in [9.17, 15) is 0 Å². The van der Waals surface area contributed by atoms with E-state index < -0.39 is 6.10 Å². The van der Waals surface area contributed by atoms with Crippen molar-refractivity contribution in [3.05, 3.63) is 0 Å². The van der Waals surface area contributed by atoms with Crippen LogP contribution in [-0.2, 0) is 0 Å². The highest BCUT2D eigenvalue weighted by molar-refractivity contribution is 4.60. The summed E-state index contributed by atoms with van der Waals surface area (Å²) in [6, 6.07) is 0. The molecule has 0 saturated carbocycles. The molecule has 0 aromatic rings. The van der Waals surface area contributed by atoms with E-state index in [4.69, 9.17) is 15.3 Å². The Morgan fingerprint density at radius 3 is 2.50 bits per heavy atom. The highest BCUT2D eigenvalue weighted by atomic mass is 16.3. The molecule has 0 fully saturated rings. The number of aliphatic hydroxyl groups is 3. The molecule has 0 spiro atoms. The van der Waals surface area contributed by atoms with E-state index in [1.807, 2.05) is 6.92 Å². The van der Waals surface area contributed by atoms with Crippen LogP contribution in [0.2, 0.25) is 0 Å². The highest BCUT2D eigenvalue weighted by Crippen LogP contribution is 1.85. The molecule has 0 saturated heterocycles. The minimum Gasteiger partial charge on any atom is -0.395 e. The topological polar surface area (TPSA) is 76.0 Å². The maximum atomic E-state index is 9.02. The van der Waals surface area contributed by atoms with Gasteiger partial charge in [0.1, 0.15) is 0 Å². The second kappa shape index (κ2) is 9.36. The first-order valence-corrected chi connectivity index (χ1v) is 5.07. The molecule has 0 amide bonds. The average Bonchev–Trinajstić information content (AvgIpc) is 2.22. The number of rotatable bonds is 9. The van der Waals surface area contributed by atoms with Gasteiger partial charge in [0.2, 0.25) is 0 Å². The number of hydrogen-bond donors (Lipinski definition) is 4. The average molecular weight is 206 g/mol. The molecule has 0 bridgehead atoms. The van der Waals surface area contributed by atoms with Gasteiger partial charge in [0, 0.05) is 26.2 Å². The standard InChI is InChI=1S/C9H22N2O3/c1-2-11(5-6-12)4-3-10-7-9(14)8-13/h9-10,12-14H,2-8H2,1H3. The van der Waals surface area contributed by atoms with Crippen molar-refractivity contribution in [2.24, 2.45) is 0 Å². The number of hydrogen-bond acceptors (Lipinski definition) is 5. The van der Waals surface area contributed by atoms with Crippen molar-refractivity contribution in [1.29, 1.82) is 0 Å². The molecule has 0 aliphatic heterocycles. The fraction of sp³-hybridized carbons (Fsp3) is 1.00.